The summed E-state index contributed by atoms with van der Waals surface area (Å²) in [6.45, 7) is 0.654. The van der Waals surface area contributed by atoms with E-state index in [0.717, 1.165) is 4.88 Å². The van der Waals surface area contributed by atoms with Gasteiger partial charge in [0.2, 0.25) is 0 Å². The first kappa shape index (κ1) is 14.3. The number of halogens is 1. The molecular weight excluding hydrogens is 304 g/mol. The second kappa shape index (κ2) is 5.92. The van der Waals surface area contributed by atoms with Gasteiger partial charge in [0.05, 0.1) is 0 Å². The number of anilines is 1. The monoisotopic (exact) mass is 316 g/mol. The van der Waals surface area contributed by atoms with Crippen LogP contribution < -0.4 is 10.0 Å². The molecule has 0 saturated heterocycles. The number of benzene rings is 1. The van der Waals surface area contributed by atoms with Gasteiger partial charge in [0.15, 0.2) is 0 Å². The van der Waals surface area contributed by atoms with E-state index in [1.54, 1.807) is 36.4 Å². The molecule has 2 aromatic rings. The Morgan fingerprint density at radius 3 is 2.47 bits per heavy atom. The first-order valence-corrected chi connectivity index (χ1v) is 8.21. The molecule has 0 radical (unpaired) electrons. The third kappa shape index (κ3) is 3.70. The van der Waals surface area contributed by atoms with Crippen molar-refractivity contribution in [2.45, 2.75) is 10.8 Å². The largest absolute Gasteiger partial charge is 0.315 e. The molecule has 0 aliphatic carbocycles. The molecule has 0 amide bonds. The summed E-state index contributed by atoms with van der Waals surface area (Å²) in [7, 11) is -1.71. The van der Waals surface area contributed by atoms with E-state index in [-0.39, 0.29) is 0 Å². The number of nitrogens with one attached hydrogen (secondary N) is 2. The van der Waals surface area contributed by atoms with Gasteiger partial charge in [-0.25, -0.2) is 8.42 Å². The van der Waals surface area contributed by atoms with Gasteiger partial charge in [0, 0.05) is 22.1 Å². The summed E-state index contributed by atoms with van der Waals surface area (Å²) in [6, 6.07) is 9.94. The lowest BCUT2D eigenvalue weighted by Crippen LogP contribution is -2.11. The van der Waals surface area contributed by atoms with Crippen molar-refractivity contribution in [3.8, 4) is 0 Å². The summed E-state index contributed by atoms with van der Waals surface area (Å²) >= 11 is 7.00. The molecule has 2 rings (SSSR count). The lowest BCUT2D eigenvalue weighted by Gasteiger charge is -2.05. The van der Waals surface area contributed by atoms with Gasteiger partial charge < -0.3 is 5.32 Å². The van der Waals surface area contributed by atoms with Crippen LogP contribution in [0.25, 0.3) is 0 Å². The Labute approximate surface area is 121 Å². The van der Waals surface area contributed by atoms with Crippen LogP contribution >= 0.6 is 22.9 Å². The molecule has 1 heterocycles. The zero-order valence-electron chi connectivity index (χ0n) is 10.2. The maximum Gasteiger partial charge on any atom is 0.271 e. The smallest absolute Gasteiger partial charge is 0.271 e. The first-order valence-electron chi connectivity index (χ1n) is 5.53. The molecule has 0 aliphatic rings. The quantitative estimate of drug-likeness (QED) is 0.891. The molecule has 0 atom stereocenters. The van der Waals surface area contributed by atoms with Gasteiger partial charge >= 0.3 is 0 Å². The molecule has 102 valence electrons. The number of sulfonamides is 1. The summed E-state index contributed by atoms with van der Waals surface area (Å²) in [5.41, 5.74) is 0.493. The Morgan fingerprint density at radius 1 is 1.16 bits per heavy atom. The highest BCUT2D eigenvalue weighted by molar-refractivity contribution is 7.94. The highest BCUT2D eigenvalue weighted by Gasteiger charge is 2.16. The van der Waals surface area contributed by atoms with Gasteiger partial charge in [0.25, 0.3) is 10.0 Å². The average Bonchev–Trinajstić information content (AvgIpc) is 2.82. The molecule has 1 aromatic carbocycles. The van der Waals surface area contributed by atoms with Crippen molar-refractivity contribution >= 4 is 38.6 Å². The van der Waals surface area contributed by atoms with Gasteiger partial charge in [-0.3, -0.25) is 4.72 Å². The van der Waals surface area contributed by atoms with Crippen molar-refractivity contribution in [1.29, 1.82) is 0 Å². The zero-order chi connectivity index (χ0) is 13.9. The standard InChI is InChI=1S/C12H13ClN2O2S2/c1-14-8-11-6-7-12(18-11)19(16,17)15-10-4-2-9(13)3-5-10/h2-7,14-15H,8H2,1H3. The number of hydrogen-bond donors (Lipinski definition) is 2. The third-order valence-corrected chi connectivity index (χ3v) is 5.56. The molecule has 2 N–H and O–H groups in total. The van der Waals surface area contributed by atoms with E-state index in [1.165, 1.54) is 11.3 Å². The van der Waals surface area contributed by atoms with E-state index in [1.807, 2.05) is 7.05 Å². The SMILES string of the molecule is CNCc1ccc(S(=O)(=O)Nc2ccc(Cl)cc2)s1. The Balaban J connectivity index is 2.19. The summed E-state index contributed by atoms with van der Waals surface area (Å²) in [6.07, 6.45) is 0. The molecule has 0 saturated carbocycles. The molecule has 7 heteroatoms. The van der Waals surface area contributed by atoms with Crippen LogP contribution in [0, 0.1) is 0 Å². The summed E-state index contributed by atoms with van der Waals surface area (Å²) in [5, 5.41) is 3.55. The topological polar surface area (TPSA) is 58.2 Å². The lowest BCUT2D eigenvalue weighted by atomic mass is 10.3. The van der Waals surface area contributed by atoms with Crippen LogP contribution in [-0.4, -0.2) is 15.5 Å². The fraction of sp³-hybridized carbons (Fsp3) is 0.167. The molecule has 4 nitrogen and oxygen atoms in total. The molecule has 0 aliphatic heterocycles. The molecule has 0 bridgehead atoms. The van der Waals surface area contributed by atoms with Crippen LogP contribution in [0.3, 0.4) is 0 Å². The molecule has 0 spiro atoms. The van der Waals surface area contributed by atoms with Crippen LogP contribution in [0.4, 0.5) is 5.69 Å². The Morgan fingerprint density at radius 2 is 1.84 bits per heavy atom. The fourth-order valence-corrected chi connectivity index (χ4v) is 4.05. The van der Waals surface area contributed by atoms with Crippen molar-refractivity contribution < 1.29 is 8.42 Å². The summed E-state index contributed by atoms with van der Waals surface area (Å²) in [5.74, 6) is 0. The molecular formula is C12H13ClN2O2S2. The summed E-state index contributed by atoms with van der Waals surface area (Å²) in [4.78, 5) is 0.971. The van der Waals surface area contributed by atoms with E-state index < -0.39 is 10.0 Å². The van der Waals surface area contributed by atoms with Crippen molar-refractivity contribution in [2.75, 3.05) is 11.8 Å². The van der Waals surface area contributed by atoms with Gasteiger partial charge in [-0.15, -0.1) is 11.3 Å². The average molecular weight is 317 g/mol. The maximum atomic E-state index is 12.2. The van der Waals surface area contributed by atoms with Crippen molar-refractivity contribution in [1.82, 2.24) is 5.32 Å². The second-order valence-corrected chi connectivity index (χ2v) is 7.38. The number of thiophene rings is 1. The number of rotatable bonds is 5. The van der Waals surface area contributed by atoms with Crippen LogP contribution in [0.5, 0.6) is 0 Å². The van der Waals surface area contributed by atoms with Crippen LogP contribution in [-0.2, 0) is 16.6 Å². The predicted molar refractivity (Wildman–Crippen MR) is 79.3 cm³/mol. The van der Waals surface area contributed by atoms with Crippen molar-refractivity contribution in [3.63, 3.8) is 0 Å². The minimum atomic E-state index is -3.53. The van der Waals surface area contributed by atoms with Gasteiger partial charge in [0.1, 0.15) is 4.21 Å². The molecule has 19 heavy (non-hydrogen) atoms. The van der Waals surface area contributed by atoms with E-state index in [9.17, 15) is 8.42 Å². The highest BCUT2D eigenvalue weighted by Crippen LogP contribution is 2.24. The maximum absolute atomic E-state index is 12.2. The molecule has 1 aromatic heterocycles. The zero-order valence-corrected chi connectivity index (χ0v) is 12.6. The minimum absolute atomic E-state index is 0.299. The van der Waals surface area contributed by atoms with Crippen LogP contribution in [0.1, 0.15) is 4.88 Å². The normalized spacial score (nSPS) is 11.5. The van der Waals surface area contributed by atoms with Crippen LogP contribution in [0.15, 0.2) is 40.6 Å². The van der Waals surface area contributed by atoms with Gasteiger partial charge in [-0.2, -0.15) is 0 Å². The van der Waals surface area contributed by atoms with Crippen molar-refractivity contribution in [2.24, 2.45) is 0 Å². The first-order chi connectivity index (χ1) is 9.01. The lowest BCUT2D eigenvalue weighted by molar-refractivity contribution is 0.603. The molecule has 0 fully saturated rings. The van der Waals surface area contributed by atoms with E-state index in [0.29, 0.717) is 21.5 Å². The van der Waals surface area contributed by atoms with Gasteiger partial charge in [-0.1, -0.05) is 11.6 Å². The van der Waals surface area contributed by atoms with Crippen LogP contribution in [0.2, 0.25) is 5.02 Å². The predicted octanol–water partition coefficient (Wildman–Crippen LogP) is 2.92. The Bertz CT molecular complexity index is 651. The fourth-order valence-electron chi connectivity index (χ4n) is 1.50. The Kier molecular flexibility index (Phi) is 4.46. The van der Waals surface area contributed by atoms with E-state index >= 15 is 0 Å². The van der Waals surface area contributed by atoms with E-state index in [2.05, 4.69) is 10.0 Å². The minimum Gasteiger partial charge on any atom is -0.315 e. The van der Waals surface area contributed by atoms with Crippen molar-refractivity contribution in [3.05, 3.63) is 46.3 Å². The number of hydrogen-bond acceptors (Lipinski definition) is 4. The molecule has 0 unspecified atom stereocenters. The summed E-state index contributed by atoms with van der Waals surface area (Å²) < 4.78 is 27.1. The van der Waals surface area contributed by atoms with E-state index in [4.69, 9.17) is 11.6 Å². The highest BCUT2D eigenvalue weighted by atomic mass is 35.5. The second-order valence-electron chi connectivity index (χ2n) is 3.86. The Hall–Kier alpha value is -1.08. The third-order valence-electron chi connectivity index (χ3n) is 2.35. The van der Waals surface area contributed by atoms with Gasteiger partial charge in [-0.05, 0) is 43.4 Å².